The van der Waals surface area contributed by atoms with Gasteiger partial charge in [0.05, 0.1) is 0 Å². The Kier molecular flexibility index (Phi) is 6.53. The molecule has 0 heterocycles. The number of rotatable bonds is 6. The molecule has 0 aromatic heterocycles. The van der Waals surface area contributed by atoms with E-state index in [-0.39, 0.29) is 18.6 Å². The minimum absolute atomic E-state index is 0.0886. The molecule has 0 aliphatic heterocycles. The van der Waals surface area contributed by atoms with Crippen LogP contribution < -0.4 is 0 Å². The van der Waals surface area contributed by atoms with Crippen LogP contribution in [0.3, 0.4) is 0 Å². The van der Waals surface area contributed by atoms with Gasteiger partial charge >= 0.3 is 12.0 Å². The Morgan fingerprint density at radius 1 is 1.25 bits per heavy atom. The van der Waals surface area contributed by atoms with Gasteiger partial charge in [-0.05, 0) is 27.2 Å². The largest absolute Gasteiger partial charge is 0.480 e. The van der Waals surface area contributed by atoms with E-state index in [1.54, 1.807) is 4.90 Å². The first kappa shape index (κ1) is 14.7. The molecule has 1 N–H and O–H groups in total. The smallest absolute Gasteiger partial charge is 0.323 e. The van der Waals surface area contributed by atoms with Crippen LogP contribution in [0.15, 0.2) is 0 Å². The molecular formula is C11H22N2O3. The highest BCUT2D eigenvalue weighted by atomic mass is 16.4. The fourth-order valence-electron chi connectivity index (χ4n) is 1.58. The van der Waals surface area contributed by atoms with Crippen molar-refractivity contribution in [3.63, 3.8) is 0 Å². The number of carboxylic acid groups (broad SMARTS) is 1. The molecule has 0 saturated carbocycles. The SMILES string of the molecule is CCCN(CC(=O)O)C(=O)N(CC)C(C)C. The highest BCUT2D eigenvalue weighted by Crippen LogP contribution is 2.05. The Labute approximate surface area is 97.0 Å². The zero-order chi connectivity index (χ0) is 12.7. The Morgan fingerprint density at radius 2 is 1.81 bits per heavy atom. The van der Waals surface area contributed by atoms with Crippen LogP contribution in [0.25, 0.3) is 0 Å². The summed E-state index contributed by atoms with van der Waals surface area (Å²) in [5.41, 5.74) is 0. The van der Waals surface area contributed by atoms with E-state index < -0.39 is 5.97 Å². The van der Waals surface area contributed by atoms with Crippen molar-refractivity contribution in [3.8, 4) is 0 Å². The lowest BCUT2D eigenvalue weighted by atomic mass is 10.3. The molecule has 16 heavy (non-hydrogen) atoms. The average molecular weight is 230 g/mol. The highest BCUT2D eigenvalue weighted by Gasteiger charge is 2.22. The second-order valence-corrected chi connectivity index (χ2v) is 3.98. The van der Waals surface area contributed by atoms with Crippen molar-refractivity contribution >= 4 is 12.0 Å². The van der Waals surface area contributed by atoms with Gasteiger partial charge in [0.15, 0.2) is 0 Å². The average Bonchev–Trinajstić information content (AvgIpc) is 2.16. The van der Waals surface area contributed by atoms with E-state index in [2.05, 4.69) is 0 Å². The minimum atomic E-state index is -0.971. The second kappa shape index (κ2) is 7.09. The van der Waals surface area contributed by atoms with Crippen molar-refractivity contribution in [2.45, 2.75) is 40.2 Å². The van der Waals surface area contributed by atoms with Gasteiger partial charge in [-0.15, -0.1) is 0 Å². The molecule has 0 saturated heterocycles. The number of nitrogens with zero attached hydrogens (tertiary/aromatic N) is 2. The summed E-state index contributed by atoms with van der Waals surface area (Å²) in [6.07, 6.45) is 0.759. The second-order valence-electron chi connectivity index (χ2n) is 3.98. The quantitative estimate of drug-likeness (QED) is 0.754. The molecule has 0 rings (SSSR count). The number of aliphatic carboxylic acids is 1. The number of carbonyl (C=O) groups excluding carboxylic acids is 1. The molecule has 2 amide bonds. The summed E-state index contributed by atoms with van der Waals surface area (Å²) in [5.74, 6) is -0.971. The monoisotopic (exact) mass is 230 g/mol. The first-order valence-corrected chi connectivity index (χ1v) is 5.71. The summed E-state index contributed by atoms with van der Waals surface area (Å²) in [6.45, 7) is 8.51. The van der Waals surface area contributed by atoms with Crippen LogP contribution in [0, 0.1) is 0 Å². The summed E-state index contributed by atoms with van der Waals surface area (Å²) < 4.78 is 0. The number of carboxylic acids is 1. The summed E-state index contributed by atoms with van der Waals surface area (Å²) in [6, 6.07) is -0.104. The van der Waals surface area contributed by atoms with Gasteiger partial charge in [-0.1, -0.05) is 6.92 Å². The molecule has 0 radical (unpaired) electrons. The van der Waals surface area contributed by atoms with E-state index in [1.807, 2.05) is 27.7 Å². The maximum absolute atomic E-state index is 12.0. The lowest BCUT2D eigenvalue weighted by Crippen LogP contribution is -2.48. The topological polar surface area (TPSA) is 60.9 Å². The zero-order valence-corrected chi connectivity index (χ0v) is 10.6. The molecule has 0 aliphatic rings. The normalized spacial score (nSPS) is 10.3. The first-order chi connectivity index (χ1) is 7.43. The van der Waals surface area contributed by atoms with E-state index in [1.165, 1.54) is 4.90 Å². The van der Waals surface area contributed by atoms with Crippen molar-refractivity contribution in [2.24, 2.45) is 0 Å². The van der Waals surface area contributed by atoms with Crippen molar-refractivity contribution < 1.29 is 14.7 Å². The molecule has 0 spiro atoms. The lowest BCUT2D eigenvalue weighted by molar-refractivity contribution is -0.137. The van der Waals surface area contributed by atoms with Gasteiger partial charge in [-0.3, -0.25) is 4.79 Å². The molecule has 0 fully saturated rings. The number of hydrogen-bond donors (Lipinski definition) is 1. The van der Waals surface area contributed by atoms with Gasteiger partial charge in [-0.25, -0.2) is 4.79 Å². The molecule has 0 aromatic rings. The van der Waals surface area contributed by atoms with Crippen LogP contribution in [0.1, 0.15) is 34.1 Å². The summed E-state index contributed by atoms with van der Waals surface area (Å²) >= 11 is 0. The molecule has 5 nitrogen and oxygen atoms in total. The highest BCUT2D eigenvalue weighted by molar-refractivity contribution is 5.80. The van der Waals surface area contributed by atoms with Crippen LogP contribution in [-0.4, -0.2) is 52.6 Å². The molecule has 0 unspecified atom stereocenters. The van der Waals surface area contributed by atoms with Crippen LogP contribution in [0.2, 0.25) is 0 Å². The third-order valence-electron chi connectivity index (χ3n) is 2.30. The molecule has 0 bridgehead atoms. The number of hydrogen-bond acceptors (Lipinski definition) is 2. The van der Waals surface area contributed by atoms with Crippen LogP contribution in [0.4, 0.5) is 4.79 Å². The van der Waals surface area contributed by atoms with E-state index in [0.29, 0.717) is 13.1 Å². The van der Waals surface area contributed by atoms with Crippen LogP contribution in [-0.2, 0) is 4.79 Å². The Morgan fingerprint density at radius 3 is 2.12 bits per heavy atom. The van der Waals surface area contributed by atoms with Gasteiger partial charge in [-0.2, -0.15) is 0 Å². The molecule has 0 aliphatic carbocycles. The molecule has 0 aromatic carbocycles. The van der Waals surface area contributed by atoms with Crippen LogP contribution in [0.5, 0.6) is 0 Å². The van der Waals surface area contributed by atoms with Gasteiger partial charge < -0.3 is 14.9 Å². The van der Waals surface area contributed by atoms with Gasteiger partial charge in [0.2, 0.25) is 0 Å². The summed E-state index contributed by atoms with van der Waals surface area (Å²) in [7, 11) is 0. The van der Waals surface area contributed by atoms with E-state index in [9.17, 15) is 9.59 Å². The van der Waals surface area contributed by atoms with Gasteiger partial charge in [0.25, 0.3) is 0 Å². The van der Waals surface area contributed by atoms with E-state index in [4.69, 9.17) is 5.11 Å². The van der Waals surface area contributed by atoms with Crippen molar-refractivity contribution in [2.75, 3.05) is 19.6 Å². The van der Waals surface area contributed by atoms with E-state index >= 15 is 0 Å². The molecule has 94 valence electrons. The minimum Gasteiger partial charge on any atom is -0.480 e. The van der Waals surface area contributed by atoms with Crippen molar-refractivity contribution in [1.29, 1.82) is 0 Å². The standard InChI is InChI=1S/C11H22N2O3/c1-5-7-12(8-10(14)15)11(16)13(6-2)9(3)4/h9H,5-8H2,1-4H3,(H,14,15). The summed E-state index contributed by atoms with van der Waals surface area (Å²) in [5, 5.41) is 8.74. The Bertz CT molecular complexity index is 241. The van der Waals surface area contributed by atoms with Crippen molar-refractivity contribution in [1.82, 2.24) is 9.80 Å². The number of urea groups is 1. The molecule has 5 heteroatoms. The zero-order valence-electron chi connectivity index (χ0n) is 10.6. The fraction of sp³-hybridized carbons (Fsp3) is 0.818. The third-order valence-corrected chi connectivity index (χ3v) is 2.30. The van der Waals surface area contributed by atoms with Crippen LogP contribution >= 0.6 is 0 Å². The van der Waals surface area contributed by atoms with Gasteiger partial charge in [0.1, 0.15) is 6.54 Å². The fourth-order valence-corrected chi connectivity index (χ4v) is 1.58. The predicted octanol–water partition coefficient (Wildman–Crippen LogP) is 1.63. The third kappa shape index (κ3) is 4.51. The number of carbonyl (C=O) groups is 2. The predicted molar refractivity (Wildman–Crippen MR) is 62.4 cm³/mol. The molecule has 0 atom stereocenters. The van der Waals surface area contributed by atoms with Gasteiger partial charge in [0, 0.05) is 19.1 Å². The molecular weight excluding hydrogens is 208 g/mol. The Balaban J connectivity index is 4.63. The maximum Gasteiger partial charge on any atom is 0.323 e. The maximum atomic E-state index is 12.0. The van der Waals surface area contributed by atoms with E-state index in [0.717, 1.165) is 6.42 Å². The lowest BCUT2D eigenvalue weighted by Gasteiger charge is -2.31. The number of amides is 2. The Hall–Kier alpha value is -1.26. The first-order valence-electron chi connectivity index (χ1n) is 5.71. The summed E-state index contributed by atoms with van der Waals surface area (Å²) in [4.78, 5) is 25.7. The van der Waals surface area contributed by atoms with Crippen molar-refractivity contribution in [3.05, 3.63) is 0 Å².